The normalized spacial score (nSPS) is 18.2. The van der Waals surface area contributed by atoms with Crippen molar-refractivity contribution in [2.75, 3.05) is 78.9 Å². The zero-order chi connectivity index (χ0) is 23.2. The number of hydrogen-bond donors (Lipinski definition) is 0. The Bertz CT molecular complexity index is 1150. The third-order valence-corrected chi connectivity index (χ3v) is 7.50. The maximum atomic E-state index is 13.1. The van der Waals surface area contributed by atoms with Crippen molar-refractivity contribution in [2.24, 2.45) is 0 Å². The molecule has 0 N–H and O–H groups in total. The lowest BCUT2D eigenvalue weighted by Crippen LogP contribution is -2.38. The molecule has 0 unspecified atom stereocenters. The molecule has 3 aromatic rings. The predicted molar refractivity (Wildman–Crippen MR) is 136 cm³/mol. The van der Waals surface area contributed by atoms with Crippen LogP contribution in [0.5, 0.6) is 11.5 Å². The summed E-state index contributed by atoms with van der Waals surface area (Å²) in [6.45, 7) is 10.1. The molecule has 5 rings (SSSR count). The van der Waals surface area contributed by atoms with Gasteiger partial charge in [0.2, 0.25) is 0 Å². The lowest BCUT2D eigenvalue weighted by Gasteiger charge is -2.26. The number of ether oxygens (including phenoxy) is 4. The molecule has 2 aromatic carbocycles. The minimum absolute atomic E-state index is 0.0553. The third kappa shape index (κ3) is 5.87. The third-order valence-electron chi connectivity index (χ3n) is 6.39. The van der Waals surface area contributed by atoms with Gasteiger partial charge in [0.15, 0.2) is 5.43 Å². The molecule has 1 aromatic heterocycles. The monoisotopic (exact) mass is 484 g/mol. The van der Waals surface area contributed by atoms with Crippen molar-refractivity contribution < 1.29 is 18.9 Å². The average molecular weight is 485 g/mol. The maximum Gasteiger partial charge on any atom is 0.195 e. The minimum atomic E-state index is 0.0553. The van der Waals surface area contributed by atoms with Crippen LogP contribution in [0.25, 0.3) is 20.2 Å². The van der Waals surface area contributed by atoms with Gasteiger partial charge >= 0.3 is 0 Å². The van der Waals surface area contributed by atoms with Gasteiger partial charge in [0, 0.05) is 66.0 Å². The largest absolute Gasteiger partial charge is 0.492 e. The van der Waals surface area contributed by atoms with Crippen molar-refractivity contribution in [1.29, 1.82) is 0 Å². The molecule has 182 valence electrons. The van der Waals surface area contributed by atoms with Crippen molar-refractivity contribution >= 4 is 31.5 Å². The second-order valence-electron chi connectivity index (χ2n) is 8.71. The summed E-state index contributed by atoms with van der Waals surface area (Å²) in [6.07, 6.45) is 1.07. The van der Waals surface area contributed by atoms with Crippen LogP contribution in [0.1, 0.15) is 6.42 Å². The highest BCUT2D eigenvalue weighted by molar-refractivity contribution is 7.24. The molecule has 0 amide bonds. The fraction of sp³-hybridized carbons (Fsp3) is 0.500. The van der Waals surface area contributed by atoms with Crippen molar-refractivity contribution in [3.05, 3.63) is 46.6 Å². The zero-order valence-electron chi connectivity index (χ0n) is 19.5. The molecule has 2 saturated heterocycles. The van der Waals surface area contributed by atoms with E-state index in [9.17, 15) is 4.79 Å². The first-order valence-electron chi connectivity index (χ1n) is 12.1. The standard InChI is InChI=1S/C26H32N2O5S/c29-26-22-4-2-20(32-16-10-27-6-1-12-30-13-7-27)18-24(22)34-25-19-21(3-5-23(25)26)33-17-11-28-8-14-31-15-9-28/h2-5,18-19H,1,6-17H2. The van der Waals surface area contributed by atoms with Gasteiger partial charge in [-0.3, -0.25) is 14.6 Å². The Labute approximate surface area is 203 Å². The number of benzene rings is 2. The van der Waals surface area contributed by atoms with Crippen molar-refractivity contribution in [1.82, 2.24) is 9.80 Å². The van der Waals surface area contributed by atoms with E-state index in [1.54, 1.807) is 11.3 Å². The molecule has 0 spiro atoms. The topological polar surface area (TPSA) is 60.5 Å². The van der Waals surface area contributed by atoms with Crippen molar-refractivity contribution in [3.8, 4) is 11.5 Å². The molecule has 7 nitrogen and oxygen atoms in total. The van der Waals surface area contributed by atoms with Crippen LogP contribution in [0.15, 0.2) is 41.2 Å². The molecule has 0 radical (unpaired) electrons. The molecule has 2 aliphatic heterocycles. The van der Waals surface area contributed by atoms with Gasteiger partial charge in [-0.05, 0) is 42.8 Å². The highest BCUT2D eigenvalue weighted by Gasteiger charge is 2.12. The number of nitrogens with zero attached hydrogens (tertiary/aromatic N) is 2. The molecule has 8 heteroatoms. The van der Waals surface area contributed by atoms with Crippen LogP contribution in [0.2, 0.25) is 0 Å². The summed E-state index contributed by atoms with van der Waals surface area (Å²) in [5.74, 6) is 1.59. The predicted octanol–water partition coefficient (Wildman–Crippen LogP) is 3.23. The summed E-state index contributed by atoms with van der Waals surface area (Å²) in [5.41, 5.74) is 0.0553. The van der Waals surface area contributed by atoms with Crippen LogP contribution in [-0.4, -0.2) is 88.7 Å². The van der Waals surface area contributed by atoms with Gasteiger partial charge in [-0.1, -0.05) is 0 Å². The Morgan fingerprint density at radius 3 is 1.85 bits per heavy atom. The smallest absolute Gasteiger partial charge is 0.195 e. The fourth-order valence-electron chi connectivity index (χ4n) is 4.42. The lowest BCUT2D eigenvalue weighted by atomic mass is 10.2. The van der Waals surface area contributed by atoms with E-state index in [-0.39, 0.29) is 5.43 Å². The Morgan fingerprint density at radius 1 is 0.735 bits per heavy atom. The van der Waals surface area contributed by atoms with E-state index < -0.39 is 0 Å². The van der Waals surface area contributed by atoms with Gasteiger partial charge in [0.25, 0.3) is 0 Å². The lowest BCUT2D eigenvalue weighted by molar-refractivity contribution is 0.0322. The minimum Gasteiger partial charge on any atom is -0.492 e. The van der Waals surface area contributed by atoms with Gasteiger partial charge in [-0.15, -0.1) is 11.3 Å². The molecular weight excluding hydrogens is 452 g/mol. The van der Waals surface area contributed by atoms with E-state index in [0.29, 0.717) is 13.2 Å². The molecule has 3 heterocycles. The van der Waals surface area contributed by atoms with Crippen molar-refractivity contribution in [3.63, 3.8) is 0 Å². The Kier molecular flexibility index (Phi) is 7.93. The summed E-state index contributed by atoms with van der Waals surface area (Å²) in [6, 6.07) is 11.5. The highest BCUT2D eigenvalue weighted by Crippen LogP contribution is 2.30. The maximum absolute atomic E-state index is 13.1. The number of morpholine rings is 1. The van der Waals surface area contributed by atoms with Crippen LogP contribution in [0.4, 0.5) is 0 Å². The second-order valence-corrected chi connectivity index (χ2v) is 9.79. The first-order chi connectivity index (χ1) is 16.8. The van der Waals surface area contributed by atoms with Crippen molar-refractivity contribution in [2.45, 2.75) is 6.42 Å². The van der Waals surface area contributed by atoms with Gasteiger partial charge in [0.1, 0.15) is 24.7 Å². The van der Waals surface area contributed by atoms with E-state index in [2.05, 4.69) is 9.80 Å². The van der Waals surface area contributed by atoms with Crippen LogP contribution in [0.3, 0.4) is 0 Å². The summed E-state index contributed by atoms with van der Waals surface area (Å²) < 4.78 is 24.8. The van der Waals surface area contributed by atoms with Crippen LogP contribution in [0, 0.1) is 0 Å². The van der Waals surface area contributed by atoms with Gasteiger partial charge < -0.3 is 18.9 Å². The summed E-state index contributed by atoms with van der Waals surface area (Å²) in [7, 11) is 0. The SMILES string of the molecule is O=c1c2ccc(OCCN3CCCOCC3)cc2sc2cc(OCCN3CCOCC3)ccc12. The van der Waals surface area contributed by atoms with Crippen LogP contribution >= 0.6 is 11.3 Å². The van der Waals surface area contributed by atoms with E-state index in [1.165, 1.54) is 0 Å². The van der Waals surface area contributed by atoms with Gasteiger partial charge in [-0.25, -0.2) is 0 Å². The first-order valence-corrected chi connectivity index (χ1v) is 12.9. The van der Waals surface area contributed by atoms with E-state index >= 15 is 0 Å². The number of hydrogen-bond acceptors (Lipinski definition) is 8. The van der Waals surface area contributed by atoms with Gasteiger partial charge in [-0.2, -0.15) is 0 Å². The molecule has 2 aliphatic rings. The molecule has 0 saturated carbocycles. The van der Waals surface area contributed by atoms with Gasteiger partial charge in [0.05, 0.1) is 19.8 Å². The summed E-state index contributed by atoms with van der Waals surface area (Å²) >= 11 is 1.61. The quantitative estimate of drug-likeness (QED) is 0.455. The second kappa shape index (κ2) is 11.5. The molecular formula is C26H32N2O5S. The number of fused-ring (bicyclic) bond motifs is 2. The molecule has 0 bridgehead atoms. The number of rotatable bonds is 8. The summed E-state index contributed by atoms with van der Waals surface area (Å²) in [5, 5.41) is 1.46. The van der Waals surface area contributed by atoms with Crippen LogP contribution in [-0.2, 0) is 9.47 Å². The Hall–Kier alpha value is -2.23. The van der Waals surface area contributed by atoms with Crippen LogP contribution < -0.4 is 14.9 Å². The van der Waals surface area contributed by atoms with E-state index in [1.807, 2.05) is 36.4 Å². The Balaban J connectivity index is 1.25. The molecule has 34 heavy (non-hydrogen) atoms. The fourth-order valence-corrected chi connectivity index (χ4v) is 5.55. The average Bonchev–Trinajstić information content (AvgIpc) is 3.14. The Morgan fingerprint density at radius 2 is 1.26 bits per heavy atom. The van der Waals surface area contributed by atoms with E-state index in [4.69, 9.17) is 18.9 Å². The molecule has 2 fully saturated rings. The summed E-state index contributed by atoms with van der Waals surface area (Å²) in [4.78, 5) is 17.8. The zero-order valence-corrected chi connectivity index (χ0v) is 20.3. The molecule has 0 atom stereocenters. The van der Waals surface area contributed by atoms with E-state index in [0.717, 1.165) is 104 Å². The molecule has 0 aliphatic carbocycles. The first kappa shape index (κ1) is 23.5. The highest BCUT2D eigenvalue weighted by atomic mass is 32.1.